The Labute approximate surface area is 156 Å². The van der Waals surface area contributed by atoms with E-state index < -0.39 is 0 Å². The van der Waals surface area contributed by atoms with Gasteiger partial charge in [-0.3, -0.25) is 9.78 Å². The van der Waals surface area contributed by atoms with E-state index in [2.05, 4.69) is 25.4 Å². The quantitative estimate of drug-likeness (QED) is 0.716. The monoisotopic (exact) mass is 365 g/mol. The van der Waals surface area contributed by atoms with Crippen LogP contribution in [-0.2, 0) is 6.61 Å². The summed E-state index contributed by atoms with van der Waals surface area (Å²) in [5.41, 5.74) is 3.57. The number of aryl methyl sites for hydroxylation is 2. The van der Waals surface area contributed by atoms with Crippen molar-refractivity contribution in [3.8, 4) is 17.1 Å². The smallest absolute Gasteiger partial charge is 0.271 e. The largest absolute Gasteiger partial charge is 0.471 e. The molecule has 8 heteroatoms. The zero-order valence-corrected chi connectivity index (χ0v) is 15.1. The predicted molar refractivity (Wildman–Crippen MR) is 96.1 cm³/mol. The summed E-state index contributed by atoms with van der Waals surface area (Å²) < 4.78 is 11.0. The number of ether oxygens (including phenoxy) is 1. The Bertz CT molecular complexity index is 946. The molecule has 4 rings (SSSR count). The van der Waals surface area contributed by atoms with Crippen LogP contribution in [0.2, 0.25) is 0 Å². The molecule has 0 saturated heterocycles. The van der Waals surface area contributed by atoms with Crippen LogP contribution < -0.4 is 10.1 Å². The first-order chi connectivity index (χ1) is 13.1. The SMILES string of the molecule is Cc1ccc(-c2noc(C)c2COc2cnc(C(=O)NC3CC3)cn2)cn1. The number of nitrogens with zero attached hydrogens (tertiary/aromatic N) is 4. The number of carbonyl (C=O) groups excluding carboxylic acids is 1. The molecular formula is C19H19N5O3. The maximum atomic E-state index is 11.9. The lowest BCUT2D eigenvalue weighted by molar-refractivity contribution is 0.0945. The van der Waals surface area contributed by atoms with Crippen molar-refractivity contribution in [2.45, 2.75) is 39.3 Å². The number of amides is 1. The molecule has 8 nitrogen and oxygen atoms in total. The van der Waals surface area contributed by atoms with E-state index in [0.717, 1.165) is 29.7 Å². The van der Waals surface area contributed by atoms with Crippen molar-refractivity contribution in [3.63, 3.8) is 0 Å². The number of rotatable bonds is 6. The summed E-state index contributed by atoms with van der Waals surface area (Å²) in [7, 11) is 0. The second kappa shape index (κ2) is 7.14. The van der Waals surface area contributed by atoms with Crippen molar-refractivity contribution >= 4 is 5.91 Å². The van der Waals surface area contributed by atoms with Crippen LogP contribution in [0.3, 0.4) is 0 Å². The molecule has 0 aromatic carbocycles. The van der Waals surface area contributed by atoms with Crippen LogP contribution in [-0.4, -0.2) is 32.1 Å². The summed E-state index contributed by atoms with van der Waals surface area (Å²) in [4.78, 5) is 24.5. The molecule has 0 bridgehead atoms. The lowest BCUT2D eigenvalue weighted by Gasteiger charge is -2.07. The summed E-state index contributed by atoms with van der Waals surface area (Å²) in [6.45, 7) is 3.98. The Balaban J connectivity index is 1.45. The predicted octanol–water partition coefficient (Wildman–Crippen LogP) is 2.61. The first-order valence-electron chi connectivity index (χ1n) is 8.74. The molecule has 3 aromatic heterocycles. The van der Waals surface area contributed by atoms with Crippen LogP contribution >= 0.6 is 0 Å². The normalized spacial score (nSPS) is 13.4. The molecular weight excluding hydrogens is 346 g/mol. The third-order valence-electron chi connectivity index (χ3n) is 4.31. The standard InChI is InChI=1S/C19H19N5O3/c1-11-3-4-13(7-20-11)18-15(12(2)27-24-18)10-26-17-9-21-16(8-22-17)19(25)23-14-5-6-14/h3-4,7-9,14H,5-6,10H2,1-2H3,(H,23,25). The fourth-order valence-electron chi connectivity index (χ4n) is 2.54. The van der Waals surface area contributed by atoms with Gasteiger partial charge in [0.05, 0.1) is 18.0 Å². The van der Waals surface area contributed by atoms with Crippen LogP contribution in [0.25, 0.3) is 11.3 Å². The fourth-order valence-corrected chi connectivity index (χ4v) is 2.54. The Morgan fingerprint density at radius 2 is 2.04 bits per heavy atom. The second-order valence-electron chi connectivity index (χ2n) is 6.53. The molecule has 1 amide bonds. The van der Waals surface area contributed by atoms with Crippen LogP contribution in [0.15, 0.2) is 35.2 Å². The van der Waals surface area contributed by atoms with E-state index in [-0.39, 0.29) is 24.2 Å². The van der Waals surface area contributed by atoms with Crippen molar-refractivity contribution in [2.24, 2.45) is 0 Å². The van der Waals surface area contributed by atoms with E-state index in [9.17, 15) is 4.79 Å². The number of carbonyl (C=O) groups is 1. The van der Waals surface area contributed by atoms with E-state index in [0.29, 0.717) is 17.3 Å². The molecule has 1 aliphatic carbocycles. The molecule has 1 fully saturated rings. The van der Waals surface area contributed by atoms with E-state index in [1.165, 1.54) is 12.4 Å². The van der Waals surface area contributed by atoms with Gasteiger partial charge in [0.2, 0.25) is 5.88 Å². The number of hydrogen-bond donors (Lipinski definition) is 1. The maximum Gasteiger partial charge on any atom is 0.271 e. The molecule has 1 aliphatic rings. The summed E-state index contributed by atoms with van der Waals surface area (Å²) >= 11 is 0. The summed E-state index contributed by atoms with van der Waals surface area (Å²) in [5.74, 6) is 0.783. The highest BCUT2D eigenvalue weighted by Crippen LogP contribution is 2.26. The van der Waals surface area contributed by atoms with Crippen LogP contribution in [0.5, 0.6) is 5.88 Å². The first-order valence-corrected chi connectivity index (χ1v) is 8.74. The maximum absolute atomic E-state index is 11.9. The van der Waals surface area contributed by atoms with Crippen molar-refractivity contribution in [1.82, 2.24) is 25.4 Å². The van der Waals surface area contributed by atoms with Gasteiger partial charge >= 0.3 is 0 Å². The van der Waals surface area contributed by atoms with Crippen molar-refractivity contribution in [2.75, 3.05) is 0 Å². The highest BCUT2D eigenvalue weighted by atomic mass is 16.5. The van der Waals surface area contributed by atoms with E-state index in [1.807, 2.05) is 26.0 Å². The Morgan fingerprint density at radius 3 is 2.70 bits per heavy atom. The zero-order valence-electron chi connectivity index (χ0n) is 15.1. The van der Waals surface area contributed by atoms with Gasteiger partial charge in [-0.05, 0) is 38.8 Å². The van der Waals surface area contributed by atoms with Gasteiger partial charge in [0.1, 0.15) is 23.8 Å². The fraction of sp³-hybridized carbons (Fsp3) is 0.316. The van der Waals surface area contributed by atoms with E-state index in [1.54, 1.807) is 6.20 Å². The van der Waals surface area contributed by atoms with Gasteiger partial charge in [-0.25, -0.2) is 9.97 Å². The molecule has 1 saturated carbocycles. The van der Waals surface area contributed by atoms with Crippen molar-refractivity contribution in [3.05, 3.63) is 53.4 Å². The molecule has 0 atom stereocenters. The third-order valence-corrected chi connectivity index (χ3v) is 4.31. The Kier molecular flexibility index (Phi) is 4.53. The Hall–Kier alpha value is -3.29. The van der Waals surface area contributed by atoms with E-state index >= 15 is 0 Å². The minimum Gasteiger partial charge on any atom is -0.471 e. The first kappa shape index (κ1) is 17.1. The molecule has 27 heavy (non-hydrogen) atoms. The molecule has 0 aliphatic heterocycles. The molecule has 0 radical (unpaired) electrons. The molecule has 3 heterocycles. The van der Waals surface area contributed by atoms with Gasteiger partial charge in [0.25, 0.3) is 5.91 Å². The molecule has 1 N–H and O–H groups in total. The number of nitrogens with one attached hydrogen (secondary N) is 1. The lowest BCUT2D eigenvalue weighted by atomic mass is 10.1. The topological polar surface area (TPSA) is 103 Å². The average Bonchev–Trinajstić information content (AvgIpc) is 3.42. The number of hydrogen-bond acceptors (Lipinski definition) is 7. The molecule has 3 aromatic rings. The number of pyridine rings is 1. The molecule has 0 unspecified atom stereocenters. The highest BCUT2D eigenvalue weighted by molar-refractivity contribution is 5.92. The minimum atomic E-state index is -0.208. The van der Waals surface area contributed by atoms with Gasteiger partial charge < -0.3 is 14.6 Å². The summed E-state index contributed by atoms with van der Waals surface area (Å²) in [6, 6.07) is 4.14. The van der Waals surface area contributed by atoms with Gasteiger partial charge in [-0.1, -0.05) is 5.16 Å². The van der Waals surface area contributed by atoms with Gasteiger partial charge in [0.15, 0.2) is 0 Å². The second-order valence-corrected chi connectivity index (χ2v) is 6.53. The van der Waals surface area contributed by atoms with E-state index in [4.69, 9.17) is 9.26 Å². The highest BCUT2D eigenvalue weighted by Gasteiger charge is 2.24. The van der Waals surface area contributed by atoms with Gasteiger partial charge in [-0.2, -0.15) is 0 Å². The van der Waals surface area contributed by atoms with Crippen molar-refractivity contribution in [1.29, 1.82) is 0 Å². The van der Waals surface area contributed by atoms with Gasteiger partial charge in [-0.15, -0.1) is 0 Å². The summed E-state index contributed by atoms with van der Waals surface area (Å²) in [5, 5.41) is 6.99. The molecule has 138 valence electrons. The van der Waals surface area contributed by atoms with Crippen LogP contribution in [0, 0.1) is 13.8 Å². The number of aromatic nitrogens is 4. The molecule has 0 spiro atoms. The zero-order chi connectivity index (χ0) is 18.8. The van der Waals surface area contributed by atoms with Crippen LogP contribution in [0.1, 0.15) is 40.3 Å². The minimum absolute atomic E-state index is 0.208. The van der Waals surface area contributed by atoms with Gasteiger partial charge in [0, 0.05) is 23.5 Å². The summed E-state index contributed by atoms with van der Waals surface area (Å²) in [6.07, 6.45) is 6.66. The lowest BCUT2D eigenvalue weighted by Crippen LogP contribution is -2.26. The van der Waals surface area contributed by atoms with Crippen molar-refractivity contribution < 1.29 is 14.1 Å². The Morgan fingerprint density at radius 1 is 1.19 bits per heavy atom. The average molecular weight is 365 g/mol. The van der Waals surface area contributed by atoms with Crippen LogP contribution in [0.4, 0.5) is 0 Å². The third kappa shape index (κ3) is 3.94.